The average molecular weight is 372 g/mol. The molecule has 0 heterocycles. The van der Waals surface area contributed by atoms with Crippen molar-refractivity contribution in [2.45, 2.75) is 38.5 Å². The fourth-order valence-electron chi connectivity index (χ4n) is 3.40. The molecule has 0 aliphatic heterocycles. The standard InChI is InChI=1S/C11H8O2.C10H16O4/c12-11(13)10-6-5-8-3-1-2-4-9(8)7-10;11-9(12)7-5-3-1-2-4-6-8(7)10(13)14/h1-7H,(H,12,13);7-8H,1-6H2,(H,11,12)(H,13,14). The van der Waals surface area contributed by atoms with Gasteiger partial charge in [0.15, 0.2) is 0 Å². The van der Waals surface area contributed by atoms with Gasteiger partial charge in [0, 0.05) is 0 Å². The van der Waals surface area contributed by atoms with E-state index in [1.807, 2.05) is 30.3 Å². The third-order valence-electron chi connectivity index (χ3n) is 4.90. The van der Waals surface area contributed by atoms with Crippen LogP contribution in [0, 0.1) is 11.8 Å². The van der Waals surface area contributed by atoms with E-state index < -0.39 is 29.7 Å². The Labute approximate surface area is 157 Å². The Bertz CT molecular complexity index is 789. The maximum atomic E-state index is 10.9. The summed E-state index contributed by atoms with van der Waals surface area (Å²) in [4.78, 5) is 32.4. The summed E-state index contributed by atoms with van der Waals surface area (Å²) in [6.07, 6.45) is 4.73. The van der Waals surface area contributed by atoms with Gasteiger partial charge in [-0.3, -0.25) is 9.59 Å². The van der Waals surface area contributed by atoms with Crippen LogP contribution < -0.4 is 0 Å². The summed E-state index contributed by atoms with van der Waals surface area (Å²) in [5.41, 5.74) is 0.332. The van der Waals surface area contributed by atoms with Crippen molar-refractivity contribution in [1.29, 1.82) is 0 Å². The highest BCUT2D eigenvalue weighted by Crippen LogP contribution is 2.28. The minimum absolute atomic E-state index is 0.332. The van der Waals surface area contributed by atoms with E-state index in [2.05, 4.69) is 0 Å². The van der Waals surface area contributed by atoms with Crippen LogP contribution in [0.3, 0.4) is 0 Å². The summed E-state index contributed by atoms with van der Waals surface area (Å²) < 4.78 is 0. The predicted molar refractivity (Wildman–Crippen MR) is 101 cm³/mol. The number of carbonyl (C=O) groups is 3. The lowest BCUT2D eigenvalue weighted by Crippen LogP contribution is -2.30. The van der Waals surface area contributed by atoms with Crippen molar-refractivity contribution in [1.82, 2.24) is 0 Å². The number of hydrogen-bond acceptors (Lipinski definition) is 3. The maximum Gasteiger partial charge on any atom is 0.335 e. The van der Waals surface area contributed by atoms with E-state index in [0.717, 1.165) is 36.5 Å². The Kier molecular flexibility index (Phi) is 7.34. The summed E-state index contributed by atoms with van der Waals surface area (Å²) in [7, 11) is 0. The quantitative estimate of drug-likeness (QED) is 0.741. The molecule has 0 aromatic heterocycles. The van der Waals surface area contributed by atoms with Crippen LogP contribution in [-0.2, 0) is 9.59 Å². The predicted octanol–water partition coefficient (Wildman–Crippen LogP) is 4.28. The number of hydrogen-bond donors (Lipinski definition) is 3. The largest absolute Gasteiger partial charge is 0.481 e. The second-order valence-corrected chi connectivity index (χ2v) is 6.75. The Morgan fingerprint density at radius 1 is 0.704 bits per heavy atom. The van der Waals surface area contributed by atoms with E-state index in [9.17, 15) is 14.4 Å². The first-order valence-electron chi connectivity index (χ1n) is 9.08. The molecule has 2 unspecified atom stereocenters. The van der Waals surface area contributed by atoms with Gasteiger partial charge < -0.3 is 15.3 Å². The van der Waals surface area contributed by atoms with E-state index in [4.69, 9.17) is 15.3 Å². The topological polar surface area (TPSA) is 112 Å². The van der Waals surface area contributed by atoms with Gasteiger partial charge in [-0.1, -0.05) is 56.0 Å². The van der Waals surface area contributed by atoms with Gasteiger partial charge in [0.2, 0.25) is 0 Å². The van der Waals surface area contributed by atoms with Crippen molar-refractivity contribution in [3.8, 4) is 0 Å². The molecule has 3 N–H and O–H groups in total. The Balaban J connectivity index is 0.000000194. The van der Waals surface area contributed by atoms with Crippen LogP contribution in [0.2, 0.25) is 0 Å². The summed E-state index contributed by atoms with van der Waals surface area (Å²) >= 11 is 0. The van der Waals surface area contributed by atoms with Crippen molar-refractivity contribution in [2.24, 2.45) is 11.8 Å². The number of benzene rings is 2. The Morgan fingerprint density at radius 3 is 1.70 bits per heavy atom. The van der Waals surface area contributed by atoms with Crippen molar-refractivity contribution in [2.75, 3.05) is 0 Å². The number of fused-ring (bicyclic) bond motifs is 1. The van der Waals surface area contributed by atoms with Crippen LogP contribution in [0.1, 0.15) is 48.9 Å². The van der Waals surface area contributed by atoms with Crippen LogP contribution >= 0.6 is 0 Å². The van der Waals surface area contributed by atoms with E-state index >= 15 is 0 Å². The molecule has 6 heteroatoms. The van der Waals surface area contributed by atoms with Gasteiger partial charge in [-0.05, 0) is 35.7 Å². The Hall–Kier alpha value is -2.89. The molecule has 27 heavy (non-hydrogen) atoms. The van der Waals surface area contributed by atoms with Crippen LogP contribution in [0.4, 0.5) is 0 Å². The smallest absolute Gasteiger partial charge is 0.335 e. The lowest BCUT2D eigenvalue weighted by molar-refractivity contribution is -0.154. The van der Waals surface area contributed by atoms with Crippen molar-refractivity contribution >= 4 is 28.7 Å². The van der Waals surface area contributed by atoms with Gasteiger partial charge in [0.25, 0.3) is 0 Å². The third kappa shape index (κ3) is 5.81. The number of carboxylic acid groups (broad SMARTS) is 3. The number of rotatable bonds is 3. The van der Waals surface area contributed by atoms with E-state index in [1.54, 1.807) is 12.1 Å². The summed E-state index contributed by atoms with van der Waals surface area (Å²) in [5, 5.41) is 28.6. The molecule has 0 spiro atoms. The lowest BCUT2D eigenvalue weighted by atomic mass is 9.82. The first-order valence-corrected chi connectivity index (χ1v) is 9.08. The van der Waals surface area contributed by atoms with Gasteiger partial charge in [-0.2, -0.15) is 0 Å². The molecule has 3 rings (SSSR count). The number of carboxylic acids is 3. The molecule has 0 amide bonds. The van der Waals surface area contributed by atoms with Gasteiger partial charge in [-0.25, -0.2) is 4.79 Å². The molecule has 2 atom stereocenters. The van der Waals surface area contributed by atoms with Gasteiger partial charge in [0.05, 0.1) is 17.4 Å². The molecule has 6 nitrogen and oxygen atoms in total. The molecule has 1 aliphatic carbocycles. The van der Waals surface area contributed by atoms with Crippen molar-refractivity contribution in [3.63, 3.8) is 0 Å². The Morgan fingerprint density at radius 2 is 1.22 bits per heavy atom. The first kappa shape index (κ1) is 20.4. The van der Waals surface area contributed by atoms with Crippen LogP contribution in [0.25, 0.3) is 10.8 Å². The summed E-state index contributed by atoms with van der Waals surface area (Å²) in [6.45, 7) is 0. The highest BCUT2D eigenvalue weighted by Gasteiger charge is 2.33. The summed E-state index contributed by atoms with van der Waals surface area (Å²) in [5.74, 6) is -4.18. The maximum absolute atomic E-state index is 10.9. The second-order valence-electron chi connectivity index (χ2n) is 6.75. The molecule has 144 valence electrons. The van der Waals surface area contributed by atoms with E-state index in [0.29, 0.717) is 18.4 Å². The van der Waals surface area contributed by atoms with Crippen LogP contribution in [-0.4, -0.2) is 33.2 Å². The summed E-state index contributed by atoms with van der Waals surface area (Å²) in [6, 6.07) is 12.8. The molecule has 1 aliphatic rings. The molecule has 2 aromatic rings. The SMILES string of the molecule is O=C(O)C1CCCCCCC1C(=O)O.O=C(O)c1ccc2ccccc2c1. The highest BCUT2D eigenvalue weighted by molar-refractivity contribution is 5.94. The zero-order chi connectivity index (χ0) is 19.8. The van der Waals surface area contributed by atoms with E-state index in [1.165, 1.54) is 0 Å². The monoisotopic (exact) mass is 372 g/mol. The fraction of sp³-hybridized carbons (Fsp3) is 0.381. The molecule has 2 aromatic carbocycles. The second kappa shape index (κ2) is 9.71. The molecule has 0 radical (unpaired) electrons. The minimum atomic E-state index is -0.959. The zero-order valence-electron chi connectivity index (χ0n) is 15.0. The van der Waals surface area contributed by atoms with Gasteiger partial charge >= 0.3 is 17.9 Å². The first-order chi connectivity index (χ1) is 12.9. The van der Waals surface area contributed by atoms with Crippen molar-refractivity contribution in [3.05, 3.63) is 48.0 Å². The average Bonchev–Trinajstić information content (AvgIpc) is 2.61. The highest BCUT2D eigenvalue weighted by atomic mass is 16.4. The van der Waals surface area contributed by atoms with Crippen LogP contribution in [0.5, 0.6) is 0 Å². The third-order valence-corrected chi connectivity index (χ3v) is 4.90. The van der Waals surface area contributed by atoms with Crippen LogP contribution in [0.15, 0.2) is 42.5 Å². The molecular weight excluding hydrogens is 348 g/mol. The lowest BCUT2D eigenvalue weighted by Gasteiger charge is -2.22. The molecule has 0 bridgehead atoms. The van der Waals surface area contributed by atoms with Gasteiger partial charge in [-0.15, -0.1) is 0 Å². The van der Waals surface area contributed by atoms with E-state index in [-0.39, 0.29) is 0 Å². The van der Waals surface area contributed by atoms with Gasteiger partial charge in [0.1, 0.15) is 0 Å². The molecular formula is C21H24O6. The molecule has 1 fully saturated rings. The number of aromatic carboxylic acids is 1. The normalized spacial score (nSPS) is 19.9. The minimum Gasteiger partial charge on any atom is -0.481 e. The number of aliphatic carboxylic acids is 2. The van der Waals surface area contributed by atoms with Crippen molar-refractivity contribution < 1.29 is 29.7 Å². The zero-order valence-corrected chi connectivity index (χ0v) is 15.0. The molecule has 1 saturated carbocycles. The fourth-order valence-corrected chi connectivity index (χ4v) is 3.40. The molecule has 0 saturated heterocycles.